The van der Waals surface area contributed by atoms with Crippen molar-refractivity contribution in [3.05, 3.63) is 84.3 Å². The van der Waals surface area contributed by atoms with Crippen molar-refractivity contribution >= 4 is 26.4 Å². The lowest BCUT2D eigenvalue weighted by molar-refractivity contribution is 0.602. The second kappa shape index (κ2) is 7.00. The van der Waals surface area contributed by atoms with E-state index >= 15 is 0 Å². The zero-order valence-electron chi connectivity index (χ0n) is 16.1. The molecule has 0 saturated heterocycles. The van der Waals surface area contributed by atoms with E-state index in [9.17, 15) is 8.42 Å². The summed E-state index contributed by atoms with van der Waals surface area (Å²) in [7, 11) is -3.23. The summed E-state index contributed by atoms with van der Waals surface area (Å²) in [5.41, 5.74) is 4.23. The molecule has 3 aromatic heterocycles. The number of nitrogens with zero attached hydrogens (tertiary/aromatic N) is 5. The Balaban J connectivity index is 1.51. The van der Waals surface area contributed by atoms with Crippen LogP contribution in [0.3, 0.4) is 0 Å². The molecule has 2 aromatic carbocycles. The quantitative estimate of drug-likeness (QED) is 0.447. The third-order valence-electron chi connectivity index (χ3n) is 4.94. The first kappa shape index (κ1) is 18.4. The lowest BCUT2D eigenvalue weighted by Crippen LogP contribution is -2.02. The van der Waals surface area contributed by atoms with Gasteiger partial charge in [-0.15, -0.1) is 10.2 Å². The van der Waals surface area contributed by atoms with Gasteiger partial charge in [0.05, 0.1) is 16.1 Å². The van der Waals surface area contributed by atoms with Gasteiger partial charge in [0, 0.05) is 29.8 Å². The number of hydrogen-bond donors (Lipinski definition) is 0. The summed E-state index contributed by atoms with van der Waals surface area (Å²) in [6.07, 6.45) is 3.55. The molecule has 5 rings (SSSR count). The van der Waals surface area contributed by atoms with Crippen LogP contribution in [0.15, 0.2) is 77.8 Å². The average molecular weight is 415 g/mol. The first-order chi connectivity index (χ1) is 14.5. The third kappa shape index (κ3) is 3.42. The van der Waals surface area contributed by atoms with Gasteiger partial charge in [0.15, 0.2) is 21.3 Å². The molecular formula is C22H17N5O2S. The van der Waals surface area contributed by atoms with E-state index in [1.54, 1.807) is 35.0 Å². The molecule has 0 fully saturated rings. The Bertz CT molecular complexity index is 1490. The molecule has 5 aromatic rings. The fraction of sp³-hybridized carbons (Fsp3) is 0.0909. The van der Waals surface area contributed by atoms with E-state index in [4.69, 9.17) is 0 Å². The molecule has 3 heterocycles. The number of pyridine rings is 1. The van der Waals surface area contributed by atoms with Crippen molar-refractivity contribution in [2.24, 2.45) is 0 Å². The molecular weight excluding hydrogens is 398 g/mol. The smallest absolute Gasteiger partial charge is 0.177 e. The van der Waals surface area contributed by atoms with E-state index < -0.39 is 9.84 Å². The molecule has 0 saturated carbocycles. The van der Waals surface area contributed by atoms with Gasteiger partial charge in [-0.05, 0) is 48.0 Å². The summed E-state index contributed by atoms with van der Waals surface area (Å²) in [4.78, 5) is 4.63. The standard InChI is InChI=1S/C22H17N5O2S/c1-30(28,29)18-7-5-16(6-8-18)20-10-11-21-24-25-22(27(21)26-20)14-15-4-9-19-17(13-15)3-2-12-23-19/h2-13H,14H2,1H3. The lowest BCUT2D eigenvalue weighted by Gasteiger charge is -2.05. The Morgan fingerprint density at radius 1 is 0.933 bits per heavy atom. The first-order valence-corrected chi connectivity index (χ1v) is 11.2. The molecule has 0 N–H and O–H groups in total. The highest BCUT2D eigenvalue weighted by Crippen LogP contribution is 2.21. The van der Waals surface area contributed by atoms with E-state index in [1.165, 1.54) is 6.26 Å². The van der Waals surface area contributed by atoms with Gasteiger partial charge < -0.3 is 0 Å². The van der Waals surface area contributed by atoms with E-state index in [1.807, 2.05) is 36.4 Å². The fourth-order valence-electron chi connectivity index (χ4n) is 3.39. The second-order valence-electron chi connectivity index (χ2n) is 7.11. The second-order valence-corrected chi connectivity index (χ2v) is 9.12. The van der Waals surface area contributed by atoms with Gasteiger partial charge in [-0.1, -0.05) is 24.3 Å². The normalized spacial score (nSPS) is 11.9. The van der Waals surface area contributed by atoms with Crippen LogP contribution in [0.2, 0.25) is 0 Å². The van der Waals surface area contributed by atoms with Gasteiger partial charge in [-0.3, -0.25) is 4.98 Å². The number of fused-ring (bicyclic) bond motifs is 2. The van der Waals surface area contributed by atoms with Gasteiger partial charge in [0.1, 0.15) is 0 Å². The first-order valence-electron chi connectivity index (χ1n) is 9.33. The SMILES string of the molecule is CS(=O)(=O)c1ccc(-c2ccc3nnc(Cc4ccc5ncccc5c4)n3n2)cc1. The highest BCUT2D eigenvalue weighted by atomic mass is 32.2. The maximum atomic E-state index is 11.7. The van der Waals surface area contributed by atoms with Crippen molar-refractivity contribution < 1.29 is 8.42 Å². The molecule has 0 atom stereocenters. The summed E-state index contributed by atoms with van der Waals surface area (Å²) in [5.74, 6) is 0.725. The van der Waals surface area contributed by atoms with Crippen LogP contribution in [0.25, 0.3) is 27.8 Å². The number of benzene rings is 2. The molecule has 0 spiro atoms. The van der Waals surface area contributed by atoms with E-state index in [2.05, 4.69) is 26.3 Å². The molecule has 30 heavy (non-hydrogen) atoms. The lowest BCUT2D eigenvalue weighted by atomic mass is 10.1. The van der Waals surface area contributed by atoms with Crippen LogP contribution in [-0.4, -0.2) is 39.5 Å². The molecule has 8 heteroatoms. The Morgan fingerprint density at radius 3 is 2.57 bits per heavy atom. The van der Waals surface area contributed by atoms with Crippen LogP contribution < -0.4 is 0 Å². The van der Waals surface area contributed by atoms with Crippen LogP contribution in [0, 0.1) is 0 Å². The Kier molecular flexibility index (Phi) is 4.29. The molecule has 0 radical (unpaired) electrons. The van der Waals surface area contributed by atoms with Crippen molar-refractivity contribution in [2.75, 3.05) is 6.26 Å². The minimum atomic E-state index is -3.23. The molecule has 0 amide bonds. The number of hydrogen-bond acceptors (Lipinski definition) is 6. The number of sulfone groups is 1. The van der Waals surface area contributed by atoms with Crippen molar-refractivity contribution in [3.63, 3.8) is 0 Å². The van der Waals surface area contributed by atoms with Crippen molar-refractivity contribution in [1.82, 2.24) is 24.8 Å². The summed E-state index contributed by atoms with van der Waals surface area (Å²) in [5, 5.41) is 14.3. The van der Waals surface area contributed by atoms with E-state index in [-0.39, 0.29) is 4.90 Å². The summed E-state index contributed by atoms with van der Waals surface area (Å²) < 4.78 is 25.1. The van der Waals surface area contributed by atoms with Crippen LogP contribution >= 0.6 is 0 Å². The largest absolute Gasteiger partial charge is 0.256 e. The zero-order chi connectivity index (χ0) is 20.7. The number of rotatable bonds is 4. The Labute approximate surface area is 173 Å². The molecule has 0 aliphatic carbocycles. The predicted octanol–water partition coefficient (Wildman–Crippen LogP) is 3.33. The molecule has 0 aliphatic rings. The monoisotopic (exact) mass is 415 g/mol. The maximum Gasteiger partial charge on any atom is 0.177 e. The summed E-state index contributed by atoms with van der Waals surface area (Å²) in [6, 6.07) is 20.5. The van der Waals surface area contributed by atoms with E-state index in [0.29, 0.717) is 17.8 Å². The third-order valence-corrected chi connectivity index (χ3v) is 6.06. The molecule has 0 unspecified atom stereocenters. The summed E-state index contributed by atoms with van der Waals surface area (Å²) in [6.45, 7) is 0. The molecule has 7 nitrogen and oxygen atoms in total. The van der Waals surface area contributed by atoms with Crippen molar-refractivity contribution in [2.45, 2.75) is 11.3 Å². The van der Waals surface area contributed by atoms with Crippen LogP contribution in [0.4, 0.5) is 0 Å². The Morgan fingerprint density at radius 2 is 1.77 bits per heavy atom. The zero-order valence-corrected chi connectivity index (χ0v) is 16.9. The maximum absolute atomic E-state index is 11.7. The van der Waals surface area contributed by atoms with Crippen molar-refractivity contribution in [3.8, 4) is 11.3 Å². The number of aromatic nitrogens is 5. The van der Waals surface area contributed by atoms with Gasteiger partial charge in [0.25, 0.3) is 0 Å². The van der Waals surface area contributed by atoms with Crippen LogP contribution in [0.1, 0.15) is 11.4 Å². The minimum absolute atomic E-state index is 0.281. The Hall–Kier alpha value is -3.65. The van der Waals surface area contributed by atoms with Gasteiger partial charge in [-0.25, -0.2) is 8.42 Å². The fourth-order valence-corrected chi connectivity index (χ4v) is 4.02. The molecule has 0 bridgehead atoms. The topological polar surface area (TPSA) is 90.1 Å². The highest BCUT2D eigenvalue weighted by Gasteiger charge is 2.11. The molecule has 148 valence electrons. The summed E-state index contributed by atoms with van der Waals surface area (Å²) >= 11 is 0. The van der Waals surface area contributed by atoms with E-state index in [0.717, 1.165) is 27.9 Å². The van der Waals surface area contributed by atoms with Crippen molar-refractivity contribution in [1.29, 1.82) is 0 Å². The van der Waals surface area contributed by atoms with Gasteiger partial charge in [0.2, 0.25) is 0 Å². The highest BCUT2D eigenvalue weighted by molar-refractivity contribution is 7.90. The minimum Gasteiger partial charge on any atom is -0.256 e. The predicted molar refractivity (Wildman–Crippen MR) is 114 cm³/mol. The van der Waals surface area contributed by atoms with Crippen LogP contribution in [-0.2, 0) is 16.3 Å². The van der Waals surface area contributed by atoms with Gasteiger partial charge >= 0.3 is 0 Å². The van der Waals surface area contributed by atoms with Gasteiger partial charge in [-0.2, -0.15) is 9.61 Å². The average Bonchev–Trinajstić information content (AvgIpc) is 3.15. The molecule has 0 aliphatic heterocycles. The van der Waals surface area contributed by atoms with Crippen LogP contribution in [0.5, 0.6) is 0 Å².